The van der Waals surface area contributed by atoms with E-state index in [1.54, 1.807) is 30.3 Å². The van der Waals surface area contributed by atoms with Crippen molar-refractivity contribution in [3.63, 3.8) is 0 Å². The predicted octanol–water partition coefficient (Wildman–Crippen LogP) is 2.02. The highest BCUT2D eigenvalue weighted by molar-refractivity contribution is 6.24. The number of amides is 4. The number of anilines is 1. The third-order valence-electron chi connectivity index (χ3n) is 5.85. The van der Waals surface area contributed by atoms with Crippen molar-refractivity contribution < 1.29 is 33.4 Å². The van der Waals surface area contributed by atoms with Crippen LogP contribution in [0.25, 0.3) is 0 Å². The molecule has 10 heteroatoms. The Morgan fingerprint density at radius 2 is 1.85 bits per heavy atom. The molecule has 10 nitrogen and oxygen atoms in total. The fraction of sp³-hybridized carbons (Fsp3) is 0.261. The Morgan fingerprint density at radius 3 is 2.67 bits per heavy atom. The van der Waals surface area contributed by atoms with Gasteiger partial charge in [0.2, 0.25) is 6.79 Å². The number of carbonyl (C=O) groups excluding carboxylic acids is 5. The zero-order valence-electron chi connectivity index (χ0n) is 17.4. The average Bonchev–Trinajstić information content (AvgIpc) is 3.35. The summed E-state index contributed by atoms with van der Waals surface area (Å²) >= 11 is 0. The molecule has 33 heavy (non-hydrogen) atoms. The zero-order valence-corrected chi connectivity index (χ0v) is 17.4. The Balaban J connectivity index is 1.29. The SMILES string of the molecule is O=C1CCC(N2C(=O)c3cccc(CNC(=O)Nc4ccc5c(c4)OCO5)c3C2=O)C(=O)C1. The van der Waals surface area contributed by atoms with E-state index in [0.29, 0.717) is 22.7 Å². The lowest BCUT2D eigenvalue weighted by atomic mass is 9.92. The van der Waals surface area contributed by atoms with Crippen LogP contribution in [0.5, 0.6) is 11.5 Å². The van der Waals surface area contributed by atoms with Crippen molar-refractivity contribution in [1.29, 1.82) is 0 Å². The van der Waals surface area contributed by atoms with Crippen LogP contribution in [0.4, 0.5) is 10.5 Å². The zero-order chi connectivity index (χ0) is 23.1. The molecule has 3 aliphatic rings. The molecule has 5 rings (SSSR count). The summed E-state index contributed by atoms with van der Waals surface area (Å²) in [5.74, 6) is -0.647. The Morgan fingerprint density at radius 1 is 1.03 bits per heavy atom. The summed E-state index contributed by atoms with van der Waals surface area (Å²) in [6.45, 7) is 0.111. The minimum absolute atomic E-state index is 0.0104. The molecule has 0 saturated heterocycles. The minimum atomic E-state index is -0.940. The largest absolute Gasteiger partial charge is 0.454 e. The summed E-state index contributed by atoms with van der Waals surface area (Å²) in [7, 11) is 0. The van der Waals surface area contributed by atoms with E-state index in [4.69, 9.17) is 9.47 Å². The lowest BCUT2D eigenvalue weighted by Gasteiger charge is -2.27. The Kier molecular flexibility index (Phi) is 5.04. The van der Waals surface area contributed by atoms with E-state index in [2.05, 4.69) is 10.6 Å². The van der Waals surface area contributed by atoms with Gasteiger partial charge < -0.3 is 20.1 Å². The number of hydrogen-bond donors (Lipinski definition) is 2. The van der Waals surface area contributed by atoms with Gasteiger partial charge in [-0.2, -0.15) is 0 Å². The summed E-state index contributed by atoms with van der Waals surface area (Å²) in [5.41, 5.74) is 1.29. The van der Waals surface area contributed by atoms with Crippen molar-refractivity contribution in [2.45, 2.75) is 31.8 Å². The highest BCUT2D eigenvalue weighted by atomic mass is 16.7. The molecule has 1 fully saturated rings. The average molecular weight is 449 g/mol. The molecular formula is C23H19N3O7. The van der Waals surface area contributed by atoms with Crippen LogP contribution in [0.3, 0.4) is 0 Å². The maximum absolute atomic E-state index is 13.1. The molecule has 0 bridgehead atoms. The van der Waals surface area contributed by atoms with Crippen LogP contribution in [-0.2, 0) is 16.1 Å². The van der Waals surface area contributed by atoms with Crippen molar-refractivity contribution in [2.24, 2.45) is 0 Å². The molecule has 2 heterocycles. The van der Waals surface area contributed by atoms with Crippen LogP contribution in [-0.4, -0.2) is 47.1 Å². The number of carbonyl (C=O) groups is 5. The third-order valence-corrected chi connectivity index (χ3v) is 5.85. The number of fused-ring (bicyclic) bond motifs is 2. The van der Waals surface area contributed by atoms with Gasteiger partial charge in [0, 0.05) is 24.7 Å². The molecule has 0 radical (unpaired) electrons. The molecule has 1 atom stereocenters. The van der Waals surface area contributed by atoms with Crippen molar-refractivity contribution in [2.75, 3.05) is 12.1 Å². The van der Waals surface area contributed by atoms with Crippen molar-refractivity contribution in [3.05, 3.63) is 53.1 Å². The quantitative estimate of drug-likeness (QED) is 0.539. The molecule has 1 unspecified atom stereocenters. The molecule has 0 aromatic heterocycles. The third kappa shape index (κ3) is 3.69. The van der Waals surface area contributed by atoms with Gasteiger partial charge in [0.15, 0.2) is 17.3 Å². The van der Waals surface area contributed by atoms with E-state index in [-0.39, 0.29) is 49.5 Å². The standard InChI is InChI=1S/C23H19N3O7/c27-14-5-6-16(17(28)9-14)26-21(29)15-3-1-2-12(20(15)22(26)30)10-24-23(31)25-13-4-7-18-19(8-13)33-11-32-18/h1-4,7-8,16H,5-6,9-11H2,(H2,24,25,31). The van der Waals surface area contributed by atoms with Crippen LogP contribution in [0.15, 0.2) is 36.4 Å². The first-order valence-corrected chi connectivity index (χ1v) is 10.4. The van der Waals surface area contributed by atoms with Gasteiger partial charge in [0.1, 0.15) is 5.78 Å². The molecule has 2 aliphatic heterocycles. The van der Waals surface area contributed by atoms with Crippen LogP contribution in [0.1, 0.15) is 45.5 Å². The second kappa shape index (κ2) is 8.05. The van der Waals surface area contributed by atoms with Crippen LogP contribution >= 0.6 is 0 Å². The number of urea groups is 1. The number of benzene rings is 2. The van der Waals surface area contributed by atoms with E-state index < -0.39 is 29.7 Å². The van der Waals surface area contributed by atoms with Gasteiger partial charge in [0.25, 0.3) is 11.8 Å². The monoisotopic (exact) mass is 449 g/mol. The summed E-state index contributed by atoms with van der Waals surface area (Å²) in [6, 6.07) is 8.30. The first-order valence-electron chi connectivity index (χ1n) is 10.4. The van der Waals surface area contributed by atoms with Gasteiger partial charge in [-0.05, 0) is 30.2 Å². The molecule has 1 saturated carbocycles. The fourth-order valence-corrected chi connectivity index (χ4v) is 4.26. The molecule has 4 amide bonds. The maximum atomic E-state index is 13.1. The molecular weight excluding hydrogens is 430 g/mol. The van der Waals surface area contributed by atoms with Gasteiger partial charge in [-0.25, -0.2) is 4.79 Å². The highest BCUT2D eigenvalue weighted by Gasteiger charge is 2.45. The van der Waals surface area contributed by atoms with E-state index >= 15 is 0 Å². The summed E-state index contributed by atoms with van der Waals surface area (Å²) in [5, 5.41) is 5.35. The maximum Gasteiger partial charge on any atom is 0.319 e. The van der Waals surface area contributed by atoms with Crippen molar-refractivity contribution in [3.8, 4) is 11.5 Å². The number of rotatable bonds is 4. The molecule has 2 aromatic carbocycles. The first-order chi connectivity index (χ1) is 15.9. The Hall–Kier alpha value is -4.21. The van der Waals surface area contributed by atoms with Gasteiger partial charge in [-0.3, -0.25) is 24.1 Å². The second-order valence-electron chi connectivity index (χ2n) is 7.93. The van der Waals surface area contributed by atoms with Crippen molar-refractivity contribution in [1.82, 2.24) is 10.2 Å². The number of imide groups is 1. The number of Topliss-reactive ketones (excluding diaryl/α,β-unsaturated/α-hetero) is 2. The Bertz CT molecular complexity index is 1220. The molecule has 168 valence electrons. The lowest BCUT2D eigenvalue weighted by molar-refractivity contribution is -0.132. The number of ketones is 2. The van der Waals surface area contributed by atoms with E-state index in [1.807, 2.05) is 0 Å². The minimum Gasteiger partial charge on any atom is -0.454 e. The van der Waals surface area contributed by atoms with Crippen LogP contribution < -0.4 is 20.1 Å². The highest BCUT2D eigenvalue weighted by Crippen LogP contribution is 2.34. The van der Waals surface area contributed by atoms with E-state index in [1.165, 1.54) is 6.07 Å². The van der Waals surface area contributed by atoms with Crippen LogP contribution in [0.2, 0.25) is 0 Å². The first kappa shape index (κ1) is 20.7. The van der Waals surface area contributed by atoms with E-state index in [9.17, 15) is 24.0 Å². The summed E-state index contributed by atoms with van der Waals surface area (Å²) in [6.07, 6.45) is 0.0133. The number of hydrogen-bond acceptors (Lipinski definition) is 7. The van der Waals surface area contributed by atoms with Crippen LogP contribution in [0, 0.1) is 0 Å². The van der Waals surface area contributed by atoms with Gasteiger partial charge in [-0.1, -0.05) is 12.1 Å². The molecule has 0 spiro atoms. The molecule has 2 aromatic rings. The van der Waals surface area contributed by atoms with Gasteiger partial charge in [-0.15, -0.1) is 0 Å². The number of nitrogens with zero attached hydrogens (tertiary/aromatic N) is 1. The Labute approximate surface area is 187 Å². The summed E-state index contributed by atoms with van der Waals surface area (Å²) in [4.78, 5) is 63.2. The van der Waals surface area contributed by atoms with Gasteiger partial charge >= 0.3 is 6.03 Å². The molecule has 2 N–H and O–H groups in total. The topological polar surface area (TPSA) is 131 Å². The smallest absolute Gasteiger partial charge is 0.319 e. The van der Waals surface area contributed by atoms with Crippen molar-refractivity contribution >= 4 is 35.1 Å². The molecule has 1 aliphatic carbocycles. The van der Waals surface area contributed by atoms with Gasteiger partial charge in [0.05, 0.1) is 23.6 Å². The predicted molar refractivity (Wildman–Crippen MR) is 113 cm³/mol. The number of nitrogens with one attached hydrogen (secondary N) is 2. The van der Waals surface area contributed by atoms with E-state index in [0.717, 1.165) is 4.90 Å². The second-order valence-corrected chi connectivity index (χ2v) is 7.93. The fourth-order valence-electron chi connectivity index (χ4n) is 4.26. The number of ether oxygens (including phenoxy) is 2. The lowest BCUT2D eigenvalue weighted by Crippen LogP contribution is -2.47. The summed E-state index contributed by atoms with van der Waals surface area (Å²) < 4.78 is 10.5. The normalized spacial score (nSPS) is 19.0.